The van der Waals surface area contributed by atoms with Crippen molar-refractivity contribution in [2.24, 2.45) is 4.99 Å². The number of fused-ring (bicyclic) bond motifs is 1. The van der Waals surface area contributed by atoms with E-state index in [1.165, 1.54) is 0 Å². The van der Waals surface area contributed by atoms with Crippen LogP contribution in [0.2, 0.25) is 0 Å². The average Bonchev–Trinajstić information content (AvgIpc) is 2.36. The first kappa shape index (κ1) is 11.3. The molecule has 2 rings (SSSR count). The van der Waals surface area contributed by atoms with Crippen LogP contribution in [0.1, 0.15) is 18.9 Å². The lowest BCUT2D eigenvalue weighted by atomic mass is 9.98. The Hall–Kier alpha value is -2.16. The molecular formula is C14H15N3. The number of pyridine rings is 1. The summed E-state index contributed by atoms with van der Waals surface area (Å²) in [5.74, 6) is 0. The minimum Gasteiger partial charge on any atom is -0.397 e. The lowest BCUT2D eigenvalue weighted by Crippen LogP contribution is -1.91. The summed E-state index contributed by atoms with van der Waals surface area (Å²) < 4.78 is 0. The van der Waals surface area contributed by atoms with Crippen LogP contribution in [0.5, 0.6) is 0 Å². The molecule has 1 aromatic carbocycles. The van der Waals surface area contributed by atoms with Crippen molar-refractivity contribution in [2.45, 2.75) is 13.3 Å². The highest BCUT2D eigenvalue weighted by atomic mass is 14.7. The third kappa shape index (κ3) is 1.91. The van der Waals surface area contributed by atoms with Gasteiger partial charge in [0.25, 0.3) is 0 Å². The van der Waals surface area contributed by atoms with Gasteiger partial charge < -0.3 is 5.73 Å². The van der Waals surface area contributed by atoms with E-state index in [-0.39, 0.29) is 0 Å². The number of aliphatic imine (C=N–C) groups is 1. The second kappa shape index (κ2) is 4.37. The number of rotatable bonds is 3. The Morgan fingerprint density at radius 2 is 2.24 bits per heavy atom. The van der Waals surface area contributed by atoms with Gasteiger partial charge in [-0.2, -0.15) is 0 Å². The van der Waals surface area contributed by atoms with Crippen LogP contribution in [-0.4, -0.2) is 11.7 Å². The molecule has 0 unspecified atom stereocenters. The van der Waals surface area contributed by atoms with Crippen molar-refractivity contribution in [3.8, 4) is 0 Å². The van der Waals surface area contributed by atoms with Crippen molar-refractivity contribution in [2.75, 3.05) is 5.73 Å². The maximum Gasteiger partial charge on any atom is 0.0711 e. The van der Waals surface area contributed by atoms with Crippen molar-refractivity contribution in [3.05, 3.63) is 36.5 Å². The van der Waals surface area contributed by atoms with Gasteiger partial charge in [0.2, 0.25) is 0 Å². The maximum atomic E-state index is 5.79. The highest BCUT2D eigenvalue weighted by Crippen LogP contribution is 2.34. The van der Waals surface area contributed by atoms with Crippen LogP contribution in [-0.2, 0) is 0 Å². The van der Waals surface area contributed by atoms with E-state index in [1.54, 1.807) is 6.20 Å². The van der Waals surface area contributed by atoms with Crippen LogP contribution in [0.25, 0.3) is 16.5 Å². The molecule has 0 radical (unpaired) electrons. The van der Waals surface area contributed by atoms with Crippen molar-refractivity contribution < 1.29 is 0 Å². The molecule has 0 amide bonds. The maximum absolute atomic E-state index is 5.79. The zero-order valence-corrected chi connectivity index (χ0v) is 9.90. The largest absolute Gasteiger partial charge is 0.397 e. The molecule has 3 heteroatoms. The molecular weight excluding hydrogens is 210 g/mol. The van der Waals surface area contributed by atoms with Crippen molar-refractivity contribution >= 4 is 34.6 Å². The Morgan fingerprint density at radius 3 is 2.88 bits per heavy atom. The molecule has 1 heterocycles. The Labute approximate surface area is 101 Å². The summed E-state index contributed by atoms with van der Waals surface area (Å²) in [4.78, 5) is 8.35. The zero-order chi connectivity index (χ0) is 12.4. The lowest BCUT2D eigenvalue weighted by molar-refractivity contribution is 1.25. The standard InChI is InChI=1S/C14H15N3/c1-4-9(2)14-11-7-10(15)8-17-12(11)5-6-13(14)16-3/h5-8H,2-4,15H2,1H3. The molecule has 3 nitrogen and oxygen atoms in total. The topological polar surface area (TPSA) is 51.3 Å². The highest BCUT2D eigenvalue weighted by molar-refractivity contribution is 5.97. The van der Waals surface area contributed by atoms with Crippen LogP contribution in [0, 0.1) is 0 Å². The van der Waals surface area contributed by atoms with Gasteiger partial charge in [-0.25, -0.2) is 0 Å². The molecule has 0 aliphatic heterocycles. The van der Waals surface area contributed by atoms with E-state index >= 15 is 0 Å². The van der Waals surface area contributed by atoms with E-state index in [0.717, 1.165) is 34.1 Å². The molecule has 1 aromatic heterocycles. The number of benzene rings is 1. The van der Waals surface area contributed by atoms with E-state index < -0.39 is 0 Å². The number of hydrogen-bond acceptors (Lipinski definition) is 3. The fourth-order valence-corrected chi connectivity index (χ4v) is 1.88. The van der Waals surface area contributed by atoms with Crippen molar-refractivity contribution in [1.29, 1.82) is 0 Å². The lowest BCUT2D eigenvalue weighted by Gasteiger charge is -2.11. The number of anilines is 1. The predicted octanol–water partition coefficient (Wildman–Crippen LogP) is 3.57. The zero-order valence-electron chi connectivity index (χ0n) is 9.90. The summed E-state index contributed by atoms with van der Waals surface area (Å²) in [7, 11) is 0. The van der Waals surface area contributed by atoms with Gasteiger partial charge in [0, 0.05) is 10.9 Å². The number of hydrogen-bond donors (Lipinski definition) is 1. The normalized spacial score (nSPS) is 10.4. The summed E-state index contributed by atoms with van der Waals surface area (Å²) >= 11 is 0. The number of aromatic nitrogens is 1. The van der Waals surface area contributed by atoms with Gasteiger partial charge in [-0.3, -0.25) is 9.98 Å². The first-order valence-corrected chi connectivity index (χ1v) is 5.50. The van der Waals surface area contributed by atoms with E-state index in [4.69, 9.17) is 5.73 Å². The second-order valence-electron chi connectivity index (χ2n) is 3.91. The van der Waals surface area contributed by atoms with Crippen LogP contribution < -0.4 is 5.73 Å². The van der Waals surface area contributed by atoms with Crippen molar-refractivity contribution in [3.63, 3.8) is 0 Å². The van der Waals surface area contributed by atoms with Gasteiger partial charge >= 0.3 is 0 Å². The van der Waals surface area contributed by atoms with E-state index in [1.807, 2.05) is 18.2 Å². The molecule has 2 N–H and O–H groups in total. The van der Waals surface area contributed by atoms with Crippen LogP contribution in [0.3, 0.4) is 0 Å². The molecule has 0 bridgehead atoms. The van der Waals surface area contributed by atoms with Crippen LogP contribution in [0.15, 0.2) is 36.0 Å². The second-order valence-corrected chi connectivity index (χ2v) is 3.91. The molecule has 0 saturated carbocycles. The summed E-state index contributed by atoms with van der Waals surface area (Å²) in [6.45, 7) is 9.73. The van der Waals surface area contributed by atoms with Crippen LogP contribution in [0.4, 0.5) is 11.4 Å². The summed E-state index contributed by atoms with van der Waals surface area (Å²) in [6.07, 6.45) is 2.51. The summed E-state index contributed by atoms with van der Waals surface area (Å²) in [5.41, 5.74) is 10.2. The molecule has 0 atom stereocenters. The Bertz CT molecular complexity index is 600. The number of nitrogens with zero attached hydrogens (tertiary/aromatic N) is 2. The van der Waals surface area contributed by atoms with Gasteiger partial charge in [-0.05, 0) is 36.9 Å². The first-order valence-electron chi connectivity index (χ1n) is 5.50. The molecule has 0 fully saturated rings. The fourth-order valence-electron chi connectivity index (χ4n) is 1.88. The van der Waals surface area contributed by atoms with Crippen LogP contribution >= 0.6 is 0 Å². The highest BCUT2D eigenvalue weighted by Gasteiger charge is 2.10. The van der Waals surface area contributed by atoms with E-state index in [2.05, 4.69) is 30.2 Å². The van der Waals surface area contributed by atoms with E-state index in [0.29, 0.717) is 5.69 Å². The van der Waals surface area contributed by atoms with Gasteiger partial charge in [-0.15, -0.1) is 0 Å². The third-order valence-electron chi connectivity index (χ3n) is 2.81. The molecule has 2 aromatic rings. The third-order valence-corrected chi connectivity index (χ3v) is 2.81. The summed E-state index contributed by atoms with van der Waals surface area (Å²) in [6, 6.07) is 5.74. The predicted molar refractivity (Wildman–Crippen MR) is 74.7 cm³/mol. The Morgan fingerprint density at radius 1 is 1.47 bits per heavy atom. The SMILES string of the molecule is C=Nc1ccc2ncc(N)cc2c1C(=C)CC. The number of allylic oxidation sites excluding steroid dienone is 1. The molecule has 86 valence electrons. The monoisotopic (exact) mass is 225 g/mol. The number of nitrogens with two attached hydrogens (primary N) is 1. The van der Waals surface area contributed by atoms with E-state index in [9.17, 15) is 0 Å². The minimum absolute atomic E-state index is 0.642. The molecule has 0 saturated heterocycles. The summed E-state index contributed by atoms with van der Waals surface area (Å²) in [5, 5.41) is 0.988. The average molecular weight is 225 g/mol. The smallest absolute Gasteiger partial charge is 0.0711 e. The Balaban J connectivity index is 2.86. The van der Waals surface area contributed by atoms with Gasteiger partial charge in [0.1, 0.15) is 0 Å². The quantitative estimate of drug-likeness (QED) is 0.812. The first-order chi connectivity index (χ1) is 8.17. The molecule has 0 aliphatic rings. The minimum atomic E-state index is 0.642. The van der Waals surface area contributed by atoms with Crippen molar-refractivity contribution in [1.82, 2.24) is 4.98 Å². The van der Waals surface area contributed by atoms with Gasteiger partial charge in [-0.1, -0.05) is 13.5 Å². The van der Waals surface area contributed by atoms with Gasteiger partial charge in [0.05, 0.1) is 23.1 Å². The van der Waals surface area contributed by atoms with Gasteiger partial charge in [0.15, 0.2) is 0 Å². The molecule has 0 aliphatic carbocycles. The number of nitrogen functional groups attached to an aromatic ring is 1. The molecule has 17 heavy (non-hydrogen) atoms. The molecule has 0 spiro atoms. The Kier molecular flexibility index (Phi) is 2.91. The fraction of sp³-hybridized carbons (Fsp3) is 0.143.